The van der Waals surface area contributed by atoms with Gasteiger partial charge in [-0.2, -0.15) is 0 Å². The van der Waals surface area contributed by atoms with Gasteiger partial charge >= 0.3 is 0 Å². The fourth-order valence-corrected chi connectivity index (χ4v) is 5.69. The molecule has 1 aromatic heterocycles. The van der Waals surface area contributed by atoms with Crippen LogP contribution in [-0.4, -0.2) is 52.1 Å². The first-order valence-electron chi connectivity index (χ1n) is 13.8. The Morgan fingerprint density at radius 2 is 1.31 bits per heavy atom. The van der Waals surface area contributed by atoms with E-state index in [1.165, 1.54) is 33.5 Å². The number of nitrogens with zero attached hydrogens (tertiary/aromatic N) is 4. The average molecular weight is 590 g/mol. The zero-order valence-electron chi connectivity index (χ0n) is 23.2. The summed E-state index contributed by atoms with van der Waals surface area (Å²) in [7, 11) is 0. The molecule has 0 N–H and O–H groups in total. The Morgan fingerprint density at radius 3 is 1.87 bits per heavy atom. The van der Waals surface area contributed by atoms with Crippen LogP contribution in [0.3, 0.4) is 0 Å². The molecule has 0 atom stereocenters. The average Bonchev–Trinajstić information content (AvgIpc) is 3.26. The highest BCUT2D eigenvalue weighted by Gasteiger charge is 2.26. The molecule has 1 saturated heterocycles. The lowest BCUT2D eigenvalue weighted by atomic mass is 9.96. The molecule has 0 spiro atoms. The quantitative estimate of drug-likeness (QED) is 0.190. The maximum absolute atomic E-state index is 5.01. The predicted octanol–water partition coefficient (Wildman–Crippen LogP) is 7.61. The summed E-state index contributed by atoms with van der Waals surface area (Å²) in [6.07, 6.45) is 4.42. The van der Waals surface area contributed by atoms with Crippen molar-refractivity contribution in [2.45, 2.75) is 52.1 Å². The maximum Gasteiger partial charge on any atom is 0.109 e. The lowest BCUT2D eigenvalue weighted by Crippen LogP contribution is -2.48. The van der Waals surface area contributed by atoms with Gasteiger partial charge < -0.3 is 9.47 Å². The van der Waals surface area contributed by atoms with Crippen LogP contribution < -0.4 is 0 Å². The van der Waals surface area contributed by atoms with Crippen molar-refractivity contribution in [2.24, 2.45) is 0 Å². The molecule has 4 nitrogen and oxygen atoms in total. The van der Waals surface area contributed by atoms with Gasteiger partial charge in [-0.25, -0.2) is 4.98 Å². The molecule has 39 heavy (non-hydrogen) atoms. The lowest BCUT2D eigenvalue weighted by molar-refractivity contribution is 0.110. The number of imidazole rings is 1. The number of piperazine rings is 1. The van der Waals surface area contributed by atoms with E-state index in [-0.39, 0.29) is 37.2 Å². The van der Waals surface area contributed by atoms with E-state index in [4.69, 9.17) is 4.98 Å². The summed E-state index contributed by atoms with van der Waals surface area (Å²) in [4.78, 5) is 10.3. The number of rotatable bonds is 10. The van der Waals surface area contributed by atoms with Crippen LogP contribution in [-0.2, 0) is 19.4 Å². The molecule has 7 heteroatoms. The van der Waals surface area contributed by atoms with Gasteiger partial charge in [-0.15, -0.1) is 37.2 Å². The van der Waals surface area contributed by atoms with Crippen molar-refractivity contribution >= 4 is 48.3 Å². The molecule has 0 unspecified atom stereocenters. The molecule has 0 saturated carbocycles. The zero-order chi connectivity index (χ0) is 24.7. The molecule has 3 aromatic carbocycles. The van der Waals surface area contributed by atoms with E-state index in [2.05, 4.69) is 107 Å². The number of benzene rings is 3. The first kappa shape index (κ1) is 33.1. The standard InChI is InChI=1S/C32H40N4.3ClH/c1-3-11-31-33-29-25-26(16-17-30(29)36(31)19-4-2)18-20-34-21-23-35(24-22-34)32(27-12-7-5-8-13-27)28-14-9-6-10-15-28;;;/h5-10,12-17,25,32H,3-4,11,18-24H2,1-2H3;3*1H. The largest absolute Gasteiger partial charge is 0.328 e. The Hall–Kier alpha value is -2.08. The minimum absolute atomic E-state index is 0. The maximum atomic E-state index is 5.01. The van der Waals surface area contributed by atoms with E-state index in [9.17, 15) is 0 Å². The number of aryl methyl sites for hydroxylation is 2. The van der Waals surface area contributed by atoms with Crippen LogP contribution in [0.4, 0.5) is 0 Å². The van der Waals surface area contributed by atoms with Gasteiger partial charge in [0.25, 0.3) is 0 Å². The smallest absolute Gasteiger partial charge is 0.109 e. The normalized spacial score (nSPS) is 14.0. The van der Waals surface area contributed by atoms with Crippen molar-refractivity contribution in [3.05, 3.63) is 101 Å². The topological polar surface area (TPSA) is 24.3 Å². The Labute approximate surface area is 253 Å². The van der Waals surface area contributed by atoms with Crippen molar-refractivity contribution in [2.75, 3.05) is 32.7 Å². The highest BCUT2D eigenvalue weighted by molar-refractivity contribution is 5.86. The Bertz CT molecular complexity index is 1200. The Morgan fingerprint density at radius 1 is 0.692 bits per heavy atom. The van der Waals surface area contributed by atoms with Crippen molar-refractivity contribution < 1.29 is 0 Å². The van der Waals surface area contributed by atoms with Crippen molar-refractivity contribution in [1.29, 1.82) is 0 Å². The molecule has 0 aliphatic carbocycles. The van der Waals surface area contributed by atoms with E-state index in [0.29, 0.717) is 6.04 Å². The molecule has 0 bridgehead atoms. The zero-order valence-corrected chi connectivity index (χ0v) is 25.6. The van der Waals surface area contributed by atoms with Crippen molar-refractivity contribution in [3.8, 4) is 0 Å². The second kappa shape index (κ2) is 16.2. The fourth-order valence-electron chi connectivity index (χ4n) is 5.69. The number of aromatic nitrogens is 2. The van der Waals surface area contributed by atoms with E-state index in [1.807, 2.05) is 0 Å². The molecule has 2 heterocycles. The van der Waals surface area contributed by atoms with Crippen molar-refractivity contribution in [1.82, 2.24) is 19.4 Å². The van der Waals surface area contributed by atoms with Crippen LogP contribution in [0.15, 0.2) is 78.9 Å². The lowest BCUT2D eigenvalue weighted by Gasteiger charge is -2.39. The first-order chi connectivity index (χ1) is 17.8. The van der Waals surface area contributed by atoms with Crippen LogP contribution in [0.2, 0.25) is 0 Å². The van der Waals surface area contributed by atoms with E-state index in [0.717, 1.165) is 65.0 Å². The van der Waals surface area contributed by atoms with Gasteiger partial charge in [0.1, 0.15) is 5.82 Å². The highest BCUT2D eigenvalue weighted by atomic mass is 35.5. The molecule has 5 rings (SSSR count). The third kappa shape index (κ3) is 7.99. The number of fused-ring (bicyclic) bond motifs is 1. The summed E-state index contributed by atoms with van der Waals surface area (Å²) in [5.74, 6) is 1.24. The van der Waals surface area contributed by atoms with E-state index >= 15 is 0 Å². The summed E-state index contributed by atoms with van der Waals surface area (Å²) in [5, 5.41) is 0. The molecule has 0 amide bonds. The van der Waals surface area contributed by atoms with Gasteiger partial charge in [-0.05, 0) is 48.1 Å². The molecular weight excluding hydrogens is 547 g/mol. The summed E-state index contributed by atoms with van der Waals surface area (Å²) >= 11 is 0. The fraction of sp³-hybridized carbons (Fsp3) is 0.406. The summed E-state index contributed by atoms with van der Waals surface area (Å²) in [5.41, 5.74) is 6.64. The third-order valence-corrected chi connectivity index (χ3v) is 7.53. The second-order valence-corrected chi connectivity index (χ2v) is 10.1. The summed E-state index contributed by atoms with van der Waals surface area (Å²) in [6, 6.07) is 29.2. The number of hydrogen-bond acceptors (Lipinski definition) is 3. The monoisotopic (exact) mass is 588 g/mol. The molecule has 1 aliphatic rings. The Balaban J connectivity index is 0.00000178. The van der Waals surface area contributed by atoms with Crippen LogP contribution >= 0.6 is 37.2 Å². The molecule has 0 radical (unpaired) electrons. The van der Waals surface area contributed by atoms with Gasteiger partial charge in [-0.3, -0.25) is 4.90 Å². The minimum atomic E-state index is 0. The van der Waals surface area contributed by atoms with Crippen LogP contribution in [0.1, 0.15) is 55.2 Å². The van der Waals surface area contributed by atoms with Gasteiger partial charge in [0, 0.05) is 45.7 Å². The third-order valence-electron chi connectivity index (χ3n) is 7.53. The van der Waals surface area contributed by atoms with E-state index in [1.54, 1.807) is 0 Å². The molecule has 1 aliphatic heterocycles. The predicted molar refractivity (Wildman–Crippen MR) is 172 cm³/mol. The molecule has 1 fully saturated rings. The van der Waals surface area contributed by atoms with Gasteiger partial charge in [-0.1, -0.05) is 80.6 Å². The molecule has 4 aromatic rings. The summed E-state index contributed by atoms with van der Waals surface area (Å²) in [6.45, 7) is 11.1. The highest BCUT2D eigenvalue weighted by Crippen LogP contribution is 2.29. The first-order valence-corrected chi connectivity index (χ1v) is 13.8. The number of halogens is 3. The van der Waals surface area contributed by atoms with Crippen LogP contribution in [0.25, 0.3) is 11.0 Å². The minimum Gasteiger partial charge on any atom is -0.328 e. The van der Waals surface area contributed by atoms with Crippen LogP contribution in [0.5, 0.6) is 0 Å². The second-order valence-electron chi connectivity index (χ2n) is 10.1. The van der Waals surface area contributed by atoms with E-state index < -0.39 is 0 Å². The SMILES string of the molecule is CCCc1nc2cc(CCN3CCN(C(c4ccccc4)c4ccccc4)CC3)ccc2n1CCC.Cl.Cl.Cl. The number of hydrogen-bond donors (Lipinski definition) is 0. The van der Waals surface area contributed by atoms with Gasteiger partial charge in [0.2, 0.25) is 0 Å². The van der Waals surface area contributed by atoms with Crippen LogP contribution in [0, 0.1) is 0 Å². The van der Waals surface area contributed by atoms with Gasteiger partial charge in [0.15, 0.2) is 0 Å². The Kier molecular flexibility index (Phi) is 13.8. The molecular formula is C32H43Cl3N4. The van der Waals surface area contributed by atoms with Gasteiger partial charge in [0.05, 0.1) is 17.1 Å². The van der Waals surface area contributed by atoms with Crippen molar-refractivity contribution in [3.63, 3.8) is 0 Å². The summed E-state index contributed by atoms with van der Waals surface area (Å²) < 4.78 is 2.43. The molecule has 212 valence electrons.